The molecule has 2 heterocycles. The summed E-state index contributed by atoms with van der Waals surface area (Å²) in [5.41, 5.74) is 2.19. The van der Waals surface area contributed by atoms with E-state index >= 15 is 0 Å². The van der Waals surface area contributed by atoms with Crippen LogP contribution in [0.2, 0.25) is 0 Å². The average Bonchev–Trinajstić information content (AvgIpc) is 3.45. The first-order valence-corrected chi connectivity index (χ1v) is 10.7. The molecular formula is C24H29N3O3. The fraction of sp³-hybridized carbons (Fsp3) is 0.458. The second kappa shape index (κ2) is 7.42. The Morgan fingerprint density at radius 1 is 1.17 bits per heavy atom. The number of ketones is 1. The van der Waals surface area contributed by atoms with E-state index in [1.165, 1.54) is 0 Å². The predicted octanol–water partition coefficient (Wildman–Crippen LogP) is 4.12. The highest BCUT2D eigenvalue weighted by atomic mass is 16.2. The number of hydrogen-bond acceptors (Lipinski definition) is 3. The number of aromatic nitrogens is 1. The summed E-state index contributed by atoms with van der Waals surface area (Å²) in [6.07, 6.45) is 2.74. The van der Waals surface area contributed by atoms with Gasteiger partial charge in [-0.1, -0.05) is 44.2 Å². The third-order valence-corrected chi connectivity index (χ3v) is 6.16. The number of urea groups is 1. The van der Waals surface area contributed by atoms with E-state index in [1.807, 2.05) is 64.1 Å². The van der Waals surface area contributed by atoms with E-state index in [9.17, 15) is 14.4 Å². The van der Waals surface area contributed by atoms with E-state index in [4.69, 9.17) is 0 Å². The maximum Gasteiger partial charge on any atom is 0.325 e. The lowest BCUT2D eigenvalue weighted by Crippen LogP contribution is -2.45. The Morgan fingerprint density at radius 2 is 1.83 bits per heavy atom. The van der Waals surface area contributed by atoms with Crippen LogP contribution in [-0.4, -0.2) is 33.7 Å². The highest BCUT2D eigenvalue weighted by Crippen LogP contribution is 2.39. The molecule has 1 aliphatic carbocycles. The highest BCUT2D eigenvalue weighted by Gasteiger charge is 2.52. The maximum absolute atomic E-state index is 13.5. The summed E-state index contributed by atoms with van der Waals surface area (Å²) in [5, 5.41) is 2.91. The van der Waals surface area contributed by atoms with E-state index in [2.05, 4.69) is 9.88 Å². The monoisotopic (exact) mass is 407 g/mol. The Balaban J connectivity index is 1.62. The van der Waals surface area contributed by atoms with Gasteiger partial charge in [-0.3, -0.25) is 14.5 Å². The van der Waals surface area contributed by atoms with E-state index in [1.54, 1.807) is 0 Å². The molecule has 0 bridgehead atoms. The molecule has 2 aromatic rings. The Hall–Kier alpha value is -2.89. The highest BCUT2D eigenvalue weighted by molar-refractivity contribution is 6.11. The zero-order valence-electron chi connectivity index (χ0n) is 18.1. The van der Waals surface area contributed by atoms with Crippen LogP contribution in [0.1, 0.15) is 66.5 Å². The molecule has 1 saturated heterocycles. The summed E-state index contributed by atoms with van der Waals surface area (Å²) in [6, 6.07) is 11.2. The second-order valence-corrected chi connectivity index (χ2v) is 9.00. The van der Waals surface area contributed by atoms with Crippen LogP contribution in [0, 0.1) is 19.8 Å². The van der Waals surface area contributed by atoms with E-state index in [0.29, 0.717) is 18.0 Å². The van der Waals surface area contributed by atoms with Crippen LogP contribution in [0.25, 0.3) is 0 Å². The van der Waals surface area contributed by atoms with Crippen molar-refractivity contribution in [2.24, 2.45) is 5.92 Å². The fourth-order valence-electron chi connectivity index (χ4n) is 4.74. The van der Waals surface area contributed by atoms with Crippen molar-refractivity contribution < 1.29 is 14.4 Å². The molecule has 1 atom stereocenters. The Bertz CT molecular complexity index is 1000. The minimum atomic E-state index is -1.13. The number of carbonyl (C=O) groups is 3. The number of nitrogens with zero attached hydrogens (tertiary/aromatic N) is 2. The molecule has 30 heavy (non-hydrogen) atoms. The van der Waals surface area contributed by atoms with Gasteiger partial charge in [0.25, 0.3) is 5.91 Å². The smallest absolute Gasteiger partial charge is 0.325 e. The predicted molar refractivity (Wildman–Crippen MR) is 114 cm³/mol. The van der Waals surface area contributed by atoms with Crippen molar-refractivity contribution in [2.45, 2.75) is 58.5 Å². The molecule has 1 saturated carbocycles. The summed E-state index contributed by atoms with van der Waals surface area (Å²) in [5.74, 6) is -0.369. The molecule has 6 nitrogen and oxygen atoms in total. The molecule has 1 N–H and O–H groups in total. The van der Waals surface area contributed by atoms with Crippen LogP contribution in [-0.2, 0) is 10.3 Å². The fourth-order valence-corrected chi connectivity index (χ4v) is 4.74. The zero-order chi connectivity index (χ0) is 21.6. The molecule has 2 aliphatic rings. The second-order valence-electron chi connectivity index (χ2n) is 9.00. The molecular weight excluding hydrogens is 378 g/mol. The summed E-state index contributed by atoms with van der Waals surface area (Å²) in [6.45, 7) is 7.73. The lowest BCUT2D eigenvalue weighted by atomic mass is 9.82. The van der Waals surface area contributed by atoms with Gasteiger partial charge >= 0.3 is 6.03 Å². The molecule has 158 valence electrons. The van der Waals surface area contributed by atoms with Crippen molar-refractivity contribution in [3.05, 3.63) is 58.9 Å². The summed E-state index contributed by atoms with van der Waals surface area (Å²) < 4.78 is 2.20. The van der Waals surface area contributed by atoms with E-state index in [-0.39, 0.29) is 24.2 Å². The van der Waals surface area contributed by atoms with Crippen LogP contribution >= 0.6 is 0 Å². The molecule has 0 spiro atoms. The number of rotatable bonds is 7. The first kappa shape index (κ1) is 20.4. The van der Waals surface area contributed by atoms with Crippen LogP contribution in [0.5, 0.6) is 0 Å². The van der Waals surface area contributed by atoms with Gasteiger partial charge in [0.1, 0.15) is 5.54 Å². The van der Waals surface area contributed by atoms with Gasteiger partial charge in [0.2, 0.25) is 0 Å². The summed E-state index contributed by atoms with van der Waals surface area (Å²) in [4.78, 5) is 40.5. The molecule has 2 fully saturated rings. The molecule has 0 radical (unpaired) electrons. The Kier molecular flexibility index (Phi) is 5.04. The van der Waals surface area contributed by atoms with Crippen LogP contribution in [0.15, 0.2) is 36.4 Å². The van der Waals surface area contributed by atoms with Crippen molar-refractivity contribution in [1.29, 1.82) is 0 Å². The van der Waals surface area contributed by atoms with Crippen molar-refractivity contribution in [1.82, 2.24) is 14.8 Å². The van der Waals surface area contributed by atoms with Gasteiger partial charge in [-0.15, -0.1) is 0 Å². The molecule has 6 heteroatoms. The number of amides is 3. The van der Waals surface area contributed by atoms with Crippen molar-refractivity contribution in [2.75, 3.05) is 6.54 Å². The number of nitrogens with one attached hydrogen (secondary N) is 1. The van der Waals surface area contributed by atoms with Gasteiger partial charge in [-0.05, 0) is 50.7 Å². The minimum absolute atomic E-state index is 0.183. The molecule has 1 unspecified atom stereocenters. The first-order valence-electron chi connectivity index (χ1n) is 10.7. The van der Waals surface area contributed by atoms with Crippen molar-refractivity contribution in [3.8, 4) is 0 Å². The SMILES string of the molecule is Cc1cc(C(=O)CN2C(=O)NC(CC(C)C)(c3ccccc3)C2=O)c(C)n1C1CC1. The van der Waals surface area contributed by atoms with Gasteiger partial charge in [-0.2, -0.15) is 0 Å². The molecule has 1 aliphatic heterocycles. The molecule has 4 rings (SSSR count). The van der Waals surface area contributed by atoms with Gasteiger partial charge in [0.15, 0.2) is 5.78 Å². The Morgan fingerprint density at radius 3 is 2.43 bits per heavy atom. The lowest BCUT2D eigenvalue weighted by molar-refractivity contribution is -0.132. The number of hydrogen-bond donors (Lipinski definition) is 1. The van der Waals surface area contributed by atoms with E-state index in [0.717, 1.165) is 34.7 Å². The number of benzene rings is 1. The topological polar surface area (TPSA) is 71.4 Å². The third kappa shape index (κ3) is 3.34. The quantitative estimate of drug-likeness (QED) is 0.554. The number of imide groups is 1. The van der Waals surface area contributed by atoms with Gasteiger partial charge in [0.05, 0.1) is 6.54 Å². The third-order valence-electron chi connectivity index (χ3n) is 6.16. The van der Waals surface area contributed by atoms with Gasteiger partial charge in [0, 0.05) is 23.0 Å². The van der Waals surface area contributed by atoms with Gasteiger partial charge in [-0.25, -0.2) is 4.79 Å². The number of aryl methyl sites for hydroxylation is 1. The number of carbonyl (C=O) groups excluding carboxylic acids is 3. The molecule has 3 amide bonds. The van der Waals surface area contributed by atoms with E-state index < -0.39 is 11.6 Å². The van der Waals surface area contributed by atoms with Crippen LogP contribution < -0.4 is 5.32 Å². The average molecular weight is 408 g/mol. The van der Waals surface area contributed by atoms with Crippen LogP contribution in [0.3, 0.4) is 0 Å². The van der Waals surface area contributed by atoms with Crippen molar-refractivity contribution in [3.63, 3.8) is 0 Å². The Labute approximate surface area is 177 Å². The zero-order valence-corrected chi connectivity index (χ0v) is 18.1. The molecule has 1 aromatic carbocycles. The van der Waals surface area contributed by atoms with Crippen molar-refractivity contribution >= 4 is 17.7 Å². The standard InChI is InChI=1S/C24H29N3O3/c1-15(2)13-24(18-8-6-5-7-9-18)22(29)26(23(30)25-24)14-21(28)20-12-16(3)27(17(20)4)19-10-11-19/h5-9,12,15,19H,10-11,13-14H2,1-4H3,(H,25,30). The van der Waals surface area contributed by atoms with Crippen LogP contribution in [0.4, 0.5) is 4.79 Å². The number of Topliss-reactive ketones (excluding diaryl/α,β-unsaturated/α-hetero) is 1. The normalized spacial score (nSPS) is 21.4. The lowest BCUT2D eigenvalue weighted by Gasteiger charge is -2.29. The largest absolute Gasteiger partial charge is 0.345 e. The van der Waals surface area contributed by atoms with Gasteiger partial charge < -0.3 is 9.88 Å². The molecule has 1 aromatic heterocycles. The minimum Gasteiger partial charge on any atom is -0.345 e. The summed E-state index contributed by atoms with van der Waals surface area (Å²) in [7, 11) is 0. The summed E-state index contributed by atoms with van der Waals surface area (Å²) >= 11 is 0. The first-order chi connectivity index (χ1) is 14.2. The maximum atomic E-state index is 13.5.